The van der Waals surface area contributed by atoms with Gasteiger partial charge in [0.15, 0.2) is 0 Å². The summed E-state index contributed by atoms with van der Waals surface area (Å²) in [6.07, 6.45) is 1.95. The van der Waals surface area contributed by atoms with Gasteiger partial charge >= 0.3 is 0 Å². The standard InChI is InChI=1S/C13H8Cl2N2/c14-12-5-8(6-13(15)17-12)10-7-16-11-4-2-1-3-9(10)11/h1-7,16H. The van der Waals surface area contributed by atoms with Crippen LogP contribution < -0.4 is 0 Å². The van der Waals surface area contributed by atoms with Crippen LogP contribution in [0.15, 0.2) is 42.6 Å². The van der Waals surface area contributed by atoms with Crippen LogP contribution in [0.2, 0.25) is 10.3 Å². The summed E-state index contributed by atoms with van der Waals surface area (Å²) in [5.74, 6) is 0. The zero-order chi connectivity index (χ0) is 11.8. The van der Waals surface area contributed by atoms with Crippen molar-refractivity contribution in [2.75, 3.05) is 0 Å². The fourth-order valence-electron chi connectivity index (χ4n) is 1.93. The Hall–Kier alpha value is -1.51. The number of benzene rings is 1. The summed E-state index contributed by atoms with van der Waals surface area (Å²) in [5.41, 5.74) is 3.13. The van der Waals surface area contributed by atoms with E-state index < -0.39 is 0 Å². The second kappa shape index (κ2) is 4.06. The number of fused-ring (bicyclic) bond motifs is 1. The van der Waals surface area contributed by atoms with Gasteiger partial charge in [0.05, 0.1) is 0 Å². The molecule has 0 fully saturated rings. The molecule has 0 radical (unpaired) electrons. The van der Waals surface area contributed by atoms with E-state index in [1.807, 2.05) is 36.5 Å². The molecule has 2 nitrogen and oxygen atoms in total. The number of hydrogen-bond acceptors (Lipinski definition) is 1. The number of nitrogens with one attached hydrogen (secondary N) is 1. The monoisotopic (exact) mass is 262 g/mol. The van der Waals surface area contributed by atoms with Gasteiger partial charge in [0.1, 0.15) is 10.3 Å². The molecule has 0 aliphatic heterocycles. The molecular formula is C13H8Cl2N2. The molecule has 0 aliphatic rings. The molecule has 0 unspecified atom stereocenters. The van der Waals surface area contributed by atoms with Crippen LogP contribution in [0, 0.1) is 0 Å². The average molecular weight is 263 g/mol. The van der Waals surface area contributed by atoms with Gasteiger partial charge in [-0.25, -0.2) is 4.98 Å². The Morgan fingerprint density at radius 1 is 1.00 bits per heavy atom. The lowest BCUT2D eigenvalue weighted by Crippen LogP contribution is -1.81. The maximum absolute atomic E-state index is 5.91. The van der Waals surface area contributed by atoms with Crippen molar-refractivity contribution in [3.05, 3.63) is 52.9 Å². The first kappa shape index (κ1) is 10.6. The molecule has 2 heterocycles. The average Bonchev–Trinajstić information content (AvgIpc) is 2.71. The van der Waals surface area contributed by atoms with Crippen molar-refractivity contribution < 1.29 is 0 Å². The largest absolute Gasteiger partial charge is 0.361 e. The zero-order valence-corrected chi connectivity index (χ0v) is 10.3. The molecule has 3 rings (SSSR count). The number of pyridine rings is 1. The Bertz CT molecular complexity index is 668. The Balaban J connectivity index is 2.27. The molecule has 0 amide bonds. The third-order valence-electron chi connectivity index (χ3n) is 2.66. The fraction of sp³-hybridized carbons (Fsp3) is 0. The highest BCUT2D eigenvalue weighted by molar-refractivity contribution is 6.33. The number of para-hydroxylation sites is 1. The van der Waals surface area contributed by atoms with Crippen LogP contribution in [0.5, 0.6) is 0 Å². The van der Waals surface area contributed by atoms with Crippen molar-refractivity contribution in [3.63, 3.8) is 0 Å². The number of rotatable bonds is 1. The second-order valence-electron chi connectivity index (χ2n) is 3.75. The molecule has 4 heteroatoms. The van der Waals surface area contributed by atoms with Crippen LogP contribution in [-0.4, -0.2) is 9.97 Å². The number of aromatic nitrogens is 2. The van der Waals surface area contributed by atoms with Crippen LogP contribution in [-0.2, 0) is 0 Å². The smallest absolute Gasteiger partial charge is 0.131 e. The molecule has 1 aromatic carbocycles. The van der Waals surface area contributed by atoms with Crippen molar-refractivity contribution in [1.82, 2.24) is 9.97 Å². The highest BCUT2D eigenvalue weighted by atomic mass is 35.5. The van der Waals surface area contributed by atoms with E-state index >= 15 is 0 Å². The second-order valence-corrected chi connectivity index (χ2v) is 4.52. The quantitative estimate of drug-likeness (QED) is 0.641. The van der Waals surface area contributed by atoms with Gasteiger partial charge in [-0.3, -0.25) is 0 Å². The molecule has 0 bridgehead atoms. The zero-order valence-electron chi connectivity index (χ0n) is 8.74. The number of nitrogens with zero attached hydrogens (tertiary/aromatic N) is 1. The maximum atomic E-state index is 5.91. The van der Waals surface area contributed by atoms with E-state index in [-0.39, 0.29) is 0 Å². The Labute approximate surface area is 108 Å². The minimum absolute atomic E-state index is 0.401. The van der Waals surface area contributed by atoms with E-state index in [9.17, 15) is 0 Å². The highest BCUT2D eigenvalue weighted by Gasteiger charge is 2.07. The van der Waals surface area contributed by atoms with E-state index in [1.54, 1.807) is 0 Å². The summed E-state index contributed by atoms with van der Waals surface area (Å²) in [5, 5.41) is 1.95. The normalized spacial score (nSPS) is 10.9. The van der Waals surface area contributed by atoms with Gasteiger partial charge < -0.3 is 4.98 Å². The maximum Gasteiger partial charge on any atom is 0.131 e. The number of H-pyrrole nitrogens is 1. The summed E-state index contributed by atoms with van der Waals surface area (Å²) in [4.78, 5) is 7.16. The fourth-order valence-corrected chi connectivity index (χ4v) is 2.39. The predicted molar refractivity (Wildman–Crippen MR) is 71.5 cm³/mol. The van der Waals surface area contributed by atoms with Gasteiger partial charge in [0.25, 0.3) is 0 Å². The summed E-state index contributed by atoms with van der Waals surface area (Å²) in [6, 6.07) is 11.7. The van der Waals surface area contributed by atoms with E-state index in [0.717, 1.165) is 22.0 Å². The minimum atomic E-state index is 0.401. The Morgan fingerprint density at radius 3 is 2.47 bits per heavy atom. The number of hydrogen-bond donors (Lipinski definition) is 1. The van der Waals surface area contributed by atoms with Crippen LogP contribution in [0.25, 0.3) is 22.0 Å². The van der Waals surface area contributed by atoms with E-state index in [0.29, 0.717) is 10.3 Å². The molecule has 0 saturated carbocycles. The predicted octanol–water partition coefficient (Wildman–Crippen LogP) is 4.54. The number of aromatic amines is 1. The van der Waals surface area contributed by atoms with Crippen molar-refractivity contribution in [1.29, 1.82) is 0 Å². The molecule has 0 saturated heterocycles. The van der Waals surface area contributed by atoms with Crippen LogP contribution in [0.3, 0.4) is 0 Å². The Morgan fingerprint density at radius 2 is 1.71 bits per heavy atom. The van der Waals surface area contributed by atoms with Gasteiger partial charge in [-0.1, -0.05) is 41.4 Å². The van der Waals surface area contributed by atoms with E-state index in [1.165, 1.54) is 0 Å². The molecule has 3 aromatic rings. The first-order valence-corrected chi connectivity index (χ1v) is 5.89. The molecule has 0 spiro atoms. The molecule has 84 valence electrons. The summed E-state index contributed by atoms with van der Waals surface area (Å²) in [7, 11) is 0. The third-order valence-corrected chi connectivity index (χ3v) is 3.05. The summed E-state index contributed by atoms with van der Waals surface area (Å²) >= 11 is 11.8. The van der Waals surface area contributed by atoms with Gasteiger partial charge in [-0.05, 0) is 23.8 Å². The third kappa shape index (κ3) is 1.90. The molecular weight excluding hydrogens is 255 g/mol. The van der Waals surface area contributed by atoms with Crippen molar-refractivity contribution in [2.24, 2.45) is 0 Å². The van der Waals surface area contributed by atoms with Crippen LogP contribution in [0.1, 0.15) is 0 Å². The first-order chi connectivity index (χ1) is 8.24. The first-order valence-electron chi connectivity index (χ1n) is 5.13. The molecule has 2 aromatic heterocycles. The molecule has 0 atom stereocenters. The summed E-state index contributed by atoms with van der Waals surface area (Å²) < 4.78 is 0. The number of halogens is 2. The van der Waals surface area contributed by atoms with E-state index in [2.05, 4.69) is 16.0 Å². The Kier molecular flexibility index (Phi) is 2.54. The van der Waals surface area contributed by atoms with Crippen molar-refractivity contribution in [2.45, 2.75) is 0 Å². The SMILES string of the molecule is Clc1cc(-c2c[nH]c3ccccc23)cc(Cl)n1. The van der Waals surface area contributed by atoms with Crippen molar-refractivity contribution >= 4 is 34.1 Å². The van der Waals surface area contributed by atoms with Gasteiger partial charge in [0, 0.05) is 22.7 Å². The van der Waals surface area contributed by atoms with Crippen LogP contribution >= 0.6 is 23.2 Å². The minimum Gasteiger partial charge on any atom is -0.361 e. The molecule has 17 heavy (non-hydrogen) atoms. The van der Waals surface area contributed by atoms with E-state index in [4.69, 9.17) is 23.2 Å². The summed E-state index contributed by atoms with van der Waals surface area (Å²) in [6.45, 7) is 0. The lowest BCUT2D eigenvalue weighted by molar-refractivity contribution is 1.33. The lowest BCUT2D eigenvalue weighted by atomic mass is 10.1. The molecule has 0 aliphatic carbocycles. The molecule has 1 N–H and O–H groups in total. The van der Waals surface area contributed by atoms with Gasteiger partial charge in [-0.15, -0.1) is 0 Å². The highest BCUT2D eigenvalue weighted by Crippen LogP contribution is 2.30. The van der Waals surface area contributed by atoms with Gasteiger partial charge in [-0.2, -0.15) is 0 Å². The van der Waals surface area contributed by atoms with Crippen LogP contribution in [0.4, 0.5) is 0 Å². The van der Waals surface area contributed by atoms with Gasteiger partial charge in [0.2, 0.25) is 0 Å². The van der Waals surface area contributed by atoms with Crippen molar-refractivity contribution in [3.8, 4) is 11.1 Å². The topological polar surface area (TPSA) is 28.7 Å². The lowest BCUT2D eigenvalue weighted by Gasteiger charge is -2.01.